The Morgan fingerprint density at radius 2 is 1.62 bits per heavy atom. The summed E-state index contributed by atoms with van der Waals surface area (Å²) in [6, 6.07) is 3.10. The Morgan fingerprint density at radius 1 is 0.875 bits per heavy atom. The van der Waals surface area contributed by atoms with Crippen LogP contribution in [0.2, 0.25) is 0 Å². The van der Waals surface area contributed by atoms with E-state index in [0.29, 0.717) is 24.5 Å². The molecule has 2 fully saturated rings. The summed E-state index contributed by atoms with van der Waals surface area (Å²) < 4.78 is 46.2. The maximum atomic E-state index is 14.4. The van der Waals surface area contributed by atoms with Crippen LogP contribution in [0, 0.1) is 23.5 Å². The summed E-state index contributed by atoms with van der Waals surface area (Å²) in [5, 5.41) is 0. The quantitative estimate of drug-likeness (QED) is 0.306. The highest BCUT2D eigenvalue weighted by Gasteiger charge is 2.31. The second-order valence-corrected chi connectivity index (χ2v) is 9.69. The molecule has 32 heavy (non-hydrogen) atoms. The Kier molecular flexibility index (Phi) is 10.7. The fraction of sp³-hybridized carbons (Fsp3) is 0.778. The molecule has 1 saturated carbocycles. The van der Waals surface area contributed by atoms with E-state index in [-0.39, 0.29) is 24.0 Å². The average Bonchev–Trinajstić information content (AvgIpc) is 2.82. The van der Waals surface area contributed by atoms with Crippen molar-refractivity contribution in [3.63, 3.8) is 0 Å². The zero-order chi connectivity index (χ0) is 22.8. The normalized spacial score (nSPS) is 26.2. The molecule has 1 aliphatic carbocycles. The molecule has 2 aliphatic rings. The number of rotatable bonds is 12. The van der Waals surface area contributed by atoms with Gasteiger partial charge in [0.05, 0.1) is 32.0 Å². The first-order valence-electron chi connectivity index (χ1n) is 12.9. The van der Waals surface area contributed by atoms with Gasteiger partial charge in [-0.1, -0.05) is 39.5 Å². The molecule has 0 aromatic heterocycles. The van der Waals surface area contributed by atoms with Gasteiger partial charge in [-0.25, -0.2) is 4.39 Å². The van der Waals surface area contributed by atoms with E-state index in [1.54, 1.807) is 6.07 Å². The van der Waals surface area contributed by atoms with Crippen molar-refractivity contribution in [2.24, 2.45) is 11.8 Å². The largest absolute Gasteiger partial charge is 0.490 e. The highest BCUT2D eigenvalue weighted by Crippen LogP contribution is 2.37. The highest BCUT2D eigenvalue weighted by atomic mass is 19.2. The second-order valence-electron chi connectivity index (χ2n) is 9.69. The summed E-state index contributed by atoms with van der Waals surface area (Å²) in [6.07, 6.45) is 14.2. The Bertz CT molecular complexity index is 665. The van der Waals surface area contributed by atoms with Crippen LogP contribution < -0.4 is 4.74 Å². The number of halogens is 2. The first kappa shape index (κ1) is 25.4. The summed E-state index contributed by atoms with van der Waals surface area (Å²) in [4.78, 5) is 0. The standard InChI is InChI=1S/C27H42F2O3/c1-3-5-7-8-23-15-11-21(18-31-23)20-9-13-24(14-10-20)32-19-22-12-16-25(27(29)26(22)28)30-17-6-4-2/h12,16,20-21,23-24H,3-11,13-15,17-19H2,1-2H3. The Hall–Kier alpha value is -1.20. The van der Waals surface area contributed by atoms with E-state index in [2.05, 4.69) is 6.92 Å². The fourth-order valence-corrected chi connectivity index (χ4v) is 5.10. The van der Waals surface area contributed by atoms with Crippen LogP contribution >= 0.6 is 0 Å². The van der Waals surface area contributed by atoms with Gasteiger partial charge >= 0.3 is 0 Å². The van der Waals surface area contributed by atoms with Crippen molar-refractivity contribution in [3.8, 4) is 5.75 Å². The molecule has 2 unspecified atom stereocenters. The first-order valence-corrected chi connectivity index (χ1v) is 12.9. The molecule has 0 bridgehead atoms. The Labute approximate surface area is 193 Å². The van der Waals surface area contributed by atoms with Gasteiger partial charge in [-0.3, -0.25) is 0 Å². The first-order chi connectivity index (χ1) is 15.6. The van der Waals surface area contributed by atoms with Crippen molar-refractivity contribution in [2.45, 2.75) is 110 Å². The van der Waals surface area contributed by atoms with Gasteiger partial charge in [0, 0.05) is 5.56 Å². The third kappa shape index (κ3) is 7.41. The summed E-state index contributed by atoms with van der Waals surface area (Å²) in [5.41, 5.74) is 0.266. The second kappa shape index (κ2) is 13.5. The number of unbranched alkanes of at least 4 members (excludes halogenated alkanes) is 3. The molecule has 1 heterocycles. The molecule has 0 amide bonds. The lowest BCUT2D eigenvalue weighted by Gasteiger charge is -2.37. The van der Waals surface area contributed by atoms with Crippen molar-refractivity contribution in [1.82, 2.24) is 0 Å². The molecule has 0 radical (unpaired) electrons. The van der Waals surface area contributed by atoms with Gasteiger partial charge in [0.2, 0.25) is 5.82 Å². The summed E-state index contributed by atoms with van der Waals surface area (Å²) in [5.74, 6) is -0.385. The number of ether oxygens (including phenoxy) is 3. The van der Waals surface area contributed by atoms with E-state index >= 15 is 0 Å². The summed E-state index contributed by atoms with van der Waals surface area (Å²) in [6.45, 7) is 5.69. The van der Waals surface area contributed by atoms with Crippen LogP contribution in [0.5, 0.6) is 5.75 Å². The van der Waals surface area contributed by atoms with Gasteiger partial charge in [-0.05, 0) is 75.3 Å². The highest BCUT2D eigenvalue weighted by molar-refractivity contribution is 5.30. The fourth-order valence-electron chi connectivity index (χ4n) is 5.10. The van der Waals surface area contributed by atoms with Crippen LogP contribution in [0.25, 0.3) is 0 Å². The molecule has 0 N–H and O–H groups in total. The van der Waals surface area contributed by atoms with Crippen molar-refractivity contribution < 1.29 is 23.0 Å². The summed E-state index contributed by atoms with van der Waals surface area (Å²) >= 11 is 0. The van der Waals surface area contributed by atoms with E-state index in [1.807, 2.05) is 6.92 Å². The topological polar surface area (TPSA) is 27.7 Å². The monoisotopic (exact) mass is 452 g/mol. The third-order valence-corrected chi connectivity index (χ3v) is 7.28. The molecule has 182 valence electrons. The Balaban J connectivity index is 1.37. The lowest BCUT2D eigenvalue weighted by Crippen LogP contribution is -2.33. The smallest absolute Gasteiger partial charge is 0.200 e. The van der Waals surface area contributed by atoms with E-state index in [9.17, 15) is 8.78 Å². The maximum Gasteiger partial charge on any atom is 0.200 e. The van der Waals surface area contributed by atoms with Crippen molar-refractivity contribution >= 4 is 0 Å². The minimum absolute atomic E-state index is 0.0116. The Morgan fingerprint density at radius 3 is 2.31 bits per heavy atom. The van der Waals surface area contributed by atoms with Crippen LogP contribution in [-0.2, 0) is 16.1 Å². The maximum absolute atomic E-state index is 14.4. The van der Waals surface area contributed by atoms with Crippen LogP contribution in [0.3, 0.4) is 0 Å². The molecule has 1 aliphatic heterocycles. The molecule has 3 nitrogen and oxygen atoms in total. The molecule has 1 saturated heterocycles. The van der Waals surface area contributed by atoms with E-state index in [0.717, 1.165) is 45.1 Å². The third-order valence-electron chi connectivity index (χ3n) is 7.28. The van der Waals surface area contributed by atoms with Crippen LogP contribution in [-0.4, -0.2) is 25.4 Å². The van der Waals surface area contributed by atoms with Gasteiger partial charge in [-0.15, -0.1) is 0 Å². The van der Waals surface area contributed by atoms with Crippen molar-refractivity contribution in [2.75, 3.05) is 13.2 Å². The van der Waals surface area contributed by atoms with E-state index in [4.69, 9.17) is 14.2 Å². The van der Waals surface area contributed by atoms with Crippen molar-refractivity contribution in [3.05, 3.63) is 29.3 Å². The molecule has 5 heteroatoms. The molecular formula is C27H42F2O3. The zero-order valence-electron chi connectivity index (χ0n) is 20.1. The van der Waals surface area contributed by atoms with Gasteiger partial charge in [0.15, 0.2) is 11.6 Å². The summed E-state index contributed by atoms with van der Waals surface area (Å²) in [7, 11) is 0. The van der Waals surface area contributed by atoms with Gasteiger partial charge in [0.1, 0.15) is 0 Å². The SMILES string of the molecule is CCCCCC1CCC(C2CCC(OCc3ccc(OCCCC)c(F)c3F)CC2)CO1. The molecule has 2 atom stereocenters. The minimum atomic E-state index is -0.906. The van der Waals surface area contributed by atoms with Gasteiger partial charge in [0.25, 0.3) is 0 Å². The zero-order valence-corrected chi connectivity index (χ0v) is 20.1. The molecule has 1 aromatic carbocycles. The van der Waals surface area contributed by atoms with Crippen LogP contribution in [0.15, 0.2) is 12.1 Å². The van der Waals surface area contributed by atoms with E-state index < -0.39 is 11.6 Å². The van der Waals surface area contributed by atoms with Gasteiger partial charge in [-0.2, -0.15) is 4.39 Å². The predicted octanol–water partition coefficient (Wildman–Crippen LogP) is 7.59. The van der Waals surface area contributed by atoms with Gasteiger partial charge < -0.3 is 14.2 Å². The lowest BCUT2D eigenvalue weighted by atomic mass is 9.76. The predicted molar refractivity (Wildman–Crippen MR) is 124 cm³/mol. The van der Waals surface area contributed by atoms with Crippen molar-refractivity contribution in [1.29, 1.82) is 0 Å². The molecular weight excluding hydrogens is 410 g/mol. The minimum Gasteiger partial charge on any atom is -0.490 e. The molecule has 0 spiro atoms. The molecule has 3 rings (SSSR count). The average molecular weight is 453 g/mol. The number of hydrogen-bond donors (Lipinski definition) is 0. The van der Waals surface area contributed by atoms with Crippen LogP contribution in [0.4, 0.5) is 8.78 Å². The van der Waals surface area contributed by atoms with Crippen LogP contribution in [0.1, 0.15) is 96.5 Å². The number of benzene rings is 1. The molecule has 1 aromatic rings. The number of hydrogen-bond acceptors (Lipinski definition) is 3. The van der Waals surface area contributed by atoms with E-state index in [1.165, 1.54) is 44.6 Å². The lowest BCUT2D eigenvalue weighted by molar-refractivity contribution is -0.0542.